The van der Waals surface area contributed by atoms with Gasteiger partial charge in [0.25, 0.3) is 0 Å². The van der Waals surface area contributed by atoms with E-state index in [0.717, 1.165) is 0 Å². The fourth-order valence-corrected chi connectivity index (χ4v) is 2.36. The van der Waals surface area contributed by atoms with Crippen LogP contribution in [0.2, 0.25) is 0 Å². The monoisotopic (exact) mass is 251 g/mol. The van der Waals surface area contributed by atoms with Gasteiger partial charge in [-0.2, -0.15) is 0 Å². The standard InChI is InChI=1S/C10H20O5P/c1-12-9(13-2)8-5-7(6-11)14-10(15-8)16(3)4/h7-11H,3,5-6H2,1-2,4H3/q+1. The summed E-state index contributed by atoms with van der Waals surface area (Å²) in [5.74, 6) is 0. The van der Waals surface area contributed by atoms with Crippen LogP contribution >= 0.6 is 7.55 Å². The van der Waals surface area contributed by atoms with E-state index >= 15 is 0 Å². The molecule has 0 amide bonds. The van der Waals surface area contributed by atoms with Crippen LogP contribution < -0.4 is 0 Å². The van der Waals surface area contributed by atoms with E-state index in [-0.39, 0.29) is 24.8 Å². The lowest BCUT2D eigenvalue weighted by Gasteiger charge is -2.34. The van der Waals surface area contributed by atoms with Crippen LogP contribution in [0.4, 0.5) is 0 Å². The van der Waals surface area contributed by atoms with Crippen molar-refractivity contribution in [3.63, 3.8) is 0 Å². The Morgan fingerprint density at radius 1 is 1.44 bits per heavy atom. The third-order valence-electron chi connectivity index (χ3n) is 2.43. The lowest BCUT2D eigenvalue weighted by molar-refractivity contribution is -0.269. The van der Waals surface area contributed by atoms with Crippen LogP contribution in [0.25, 0.3) is 0 Å². The van der Waals surface area contributed by atoms with Crippen molar-refractivity contribution in [2.75, 3.05) is 27.5 Å². The average Bonchev–Trinajstić information content (AvgIpc) is 2.30. The van der Waals surface area contributed by atoms with Crippen LogP contribution in [0.15, 0.2) is 0 Å². The van der Waals surface area contributed by atoms with Crippen molar-refractivity contribution < 1.29 is 24.1 Å². The highest BCUT2D eigenvalue weighted by Crippen LogP contribution is 2.33. The van der Waals surface area contributed by atoms with Gasteiger partial charge in [0.1, 0.15) is 20.3 Å². The Balaban J connectivity index is 2.66. The molecule has 1 aliphatic rings. The van der Waals surface area contributed by atoms with Crippen molar-refractivity contribution in [2.24, 2.45) is 0 Å². The van der Waals surface area contributed by atoms with Crippen molar-refractivity contribution in [1.29, 1.82) is 0 Å². The number of hydrogen-bond donors (Lipinski definition) is 1. The first-order valence-corrected chi connectivity index (χ1v) is 7.17. The summed E-state index contributed by atoms with van der Waals surface area (Å²) in [4.78, 5) is 0. The Hall–Kier alpha value is -0.0300. The second kappa shape index (κ2) is 6.64. The topological polar surface area (TPSA) is 57.2 Å². The van der Waals surface area contributed by atoms with E-state index in [1.165, 1.54) is 0 Å². The molecule has 0 bridgehead atoms. The Labute approximate surface area is 97.0 Å². The molecule has 1 aliphatic heterocycles. The van der Waals surface area contributed by atoms with E-state index in [0.29, 0.717) is 6.42 Å². The van der Waals surface area contributed by atoms with Gasteiger partial charge in [0.15, 0.2) is 6.29 Å². The van der Waals surface area contributed by atoms with Gasteiger partial charge < -0.3 is 24.1 Å². The molecule has 1 fully saturated rings. The zero-order valence-electron chi connectivity index (χ0n) is 9.96. The molecule has 94 valence electrons. The summed E-state index contributed by atoms with van der Waals surface area (Å²) >= 11 is 0. The van der Waals surface area contributed by atoms with E-state index in [2.05, 4.69) is 6.30 Å². The summed E-state index contributed by atoms with van der Waals surface area (Å²) in [6.45, 7) is 1.94. The molecule has 1 rings (SSSR count). The Morgan fingerprint density at radius 2 is 2.06 bits per heavy atom. The van der Waals surface area contributed by atoms with Gasteiger partial charge in [0.05, 0.1) is 19.0 Å². The van der Waals surface area contributed by atoms with Crippen molar-refractivity contribution in [2.45, 2.75) is 30.9 Å². The summed E-state index contributed by atoms with van der Waals surface area (Å²) in [6, 6.07) is -0.362. The fraction of sp³-hybridized carbons (Fsp3) is 0.900. The zero-order valence-corrected chi connectivity index (χ0v) is 10.9. The fourth-order valence-electron chi connectivity index (χ4n) is 1.62. The minimum atomic E-state index is -0.629. The lowest BCUT2D eigenvalue weighted by Crippen LogP contribution is -2.45. The van der Waals surface area contributed by atoms with Crippen LogP contribution in [0.5, 0.6) is 0 Å². The normalized spacial score (nSPS) is 31.8. The molecule has 0 aromatic heterocycles. The number of rotatable bonds is 5. The average molecular weight is 251 g/mol. The predicted molar refractivity (Wildman–Crippen MR) is 63.0 cm³/mol. The second-order valence-corrected chi connectivity index (χ2v) is 5.69. The molecular weight excluding hydrogens is 231 g/mol. The number of aliphatic hydroxyl groups is 1. The number of methoxy groups -OCH3 is 2. The summed E-state index contributed by atoms with van der Waals surface area (Å²) < 4.78 is 21.6. The van der Waals surface area contributed by atoms with Crippen LogP contribution in [0.1, 0.15) is 6.42 Å². The quantitative estimate of drug-likeness (QED) is 0.572. The third-order valence-corrected chi connectivity index (χ3v) is 3.39. The van der Waals surface area contributed by atoms with Crippen LogP contribution in [-0.2, 0) is 18.9 Å². The first-order chi connectivity index (χ1) is 7.62. The molecule has 16 heavy (non-hydrogen) atoms. The third kappa shape index (κ3) is 3.48. The summed E-state index contributed by atoms with van der Waals surface area (Å²) in [5, 5.41) is 9.16. The van der Waals surface area contributed by atoms with Crippen LogP contribution in [-0.4, -0.2) is 63.4 Å². The number of ether oxygens (including phenoxy) is 4. The molecule has 0 aromatic carbocycles. The molecule has 0 spiro atoms. The highest BCUT2D eigenvalue weighted by Gasteiger charge is 2.39. The van der Waals surface area contributed by atoms with Gasteiger partial charge in [-0.15, -0.1) is 0 Å². The molecule has 0 aromatic rings. The molecule has 6 heteroatoms. The largest absolute Gasteiger partial charge is 0.394 e. The van der Waals surface area contributed by atoms with E-state index in [9.17, 15) is 0 Å². The van der Waals surface area contributed by atoms with Crippen LogP contribution in [0, 0.1) is 0 Å². The lowest BCUT2D eigenvalue weighted by atomic mass is 10.1. The highest BCUT2D eigenvalue weighted by atomic mass is 31.1. The Bertz CT molecular complexity index is 231. The highest BCUT2D eigenvalue weighted by molar-refractivity contribution is 7.55. The maximum Gasteiger partial charge on any atom is 0.324 e. The van der Waals surface area contributed by atoms with Crippen molar-refractivity contribution in [3.8, 4) is 0 Å². The SMILES string of the molecule is C=[P+](C)C1OC(CO)CC(C(OC)OC)O1. The second-order valence-electron chi connectivity index (χ2n) is 3.75. The summed E-state index contributed by atoms with van der Waals surface area (Å²) in [5.41, 5.74) is 0. The van der Waals surface area contributed by atoms with Gasteiger partial charge in [0, 0.05) is 20.6 Å². The van der Waals surface area contributed by atoms with E-state index < -0.39 is 13.8 Å². The van der Waals surface area contributed by atoms with Gasteiger partial charge in [0.2, 0.25) is 0 Å². The minimum absolute atomic E-state index is 0.0281. The molecule has 4 unspecified atom stereocenters. The molecule has 0 radical (unpaired) electrons. The molecular formula is C10H20O5P+. The van der Waals surface area contributed by atoms with Crippen LogP contribution in [0.3, 0.4) is 0 Å². The Morgan fingerprint density at radius 3 is 2.50 bits per heavy atom. The minimum Gasteiger partial charge on any atom is -0.394 e. The van der Waals surface area contributed by atoms with Gasteiger partial charge in [-0.25, -0.2) is 0 Å². The summed E-state index contributed by atoms with van der Waals surface area (Å²) in [6.07, 6.45) is 3.59. The molecule has 1 N–H and O–H groups in total. The maximum absolute atomic E-state index is 9.16. The van der Waals surface area contributed by atoms with E-state index in [1.807, 2.05) is 6.66 Å². The van der Waals surface area contributed by atoms with Gasteiger partial charge >= 0.3 is 6.03 Å². The molecule has 0 saturated carbocycles. The smallest absolute Gasteiger partial charge is 0.324 e. The first kappa shape index (κ1) is 14.0. The number of aliphatic hydroxyl groups excluding tert-OH is 1. The Kier molecular flexibility index (Phi) is 5.83. The molecule has 1 heterocycles. The van der Waals surface area contributed by atoms with Gasteiger partial charge in [-0.3, -0.25) is 0 Å². The summed E-state index contributed by atoms with van der Waals surface area (Å²) in [7, 11) is 2.50. The van der Waals surface area contributed by atoms with Gasteiger partial charge in [-0.05, 0) is 0 Å². The molecule has 0 aliphatic carbocycles. The maximum atomic E-state index is 9.16. The van der Waals surface area contributed by atoms with Crippen molar-refractivity contribution in [1.82, 2.24) is 0 Å². The van der Waals surface area contributed by atoms with E-state index in [1.54, 1.807) is 14.2 Å². The molecule has 4 atom stereocenters. The molecule has 1 saturated heterocycles. The predicted octanol–water partition coefficient (Wildman–Crippen LogP) is 0.599. The van der Waals surface area contributed by atoms with Gasteiger partial charge in [-0.1, -0.05) is 0 Å². The first-order valence-electron chi connectivity index (χ1n) is 5.13. The van der Waals surface area contributed by atoms with E-state index in [4.69, 9.17) is 24.1 Å². The van der Waals surface area contributed by atoms with Crippen molar-refractivity contribution >= 4 is 13.8 Å². The zero-order chi connectivity index (χ0) is 12.1. The number of hydrogen-bond acceptors (Lipinski definition) is 5. The molecule has 5 nitrogen and oxygen atoms in total. The van der Waals surface area contributed by atoms with Crippen molar-refractivity contribution in [3.05, 3.63) is 0 Å².